The van der Waals surface area contributed by atoms with Crippen molar-refractivity contribution in [1.82, 2.24) is 0 Å². The maximum absolute atomic E-state index is 12.4. The Morgan fingerprint density at radius 2 is 1.93 bits per heavy atom. The Hall–Kier alpha value is -3.02. The highest BCUT2D eigenvalue weighted by Crippen LogP contribution is 2.36. The van der Waals surface area contributed by atoms with Crippen LogP contribution < -0.4 is 19.7 Å². The smallest absolute Gasteiger partial charge is 0.267 e. The van der Waals surface area contributed by atoms with Crippen LogP contribution in [0.5, 0.6) is 11.5 Å². The third-order valence-electron chi connectivity index (χ3n) is 4.60. The van der Waals surface area contributed by atoms with Gasteiger partial charge in [0.1, 0.15) is 11.5 Å². The van der Waals surface area contributed by atoms with E-state index in [0.717, 1.165) is 12.8 Å². The van der Waals surface area contributed by atoms with Gasteiger partial charge in [0.05, 0.1) is 5.69 Å². The maximum Gasteiger partial charge on any atom is 0.267 e. The summed E-state index contributed by atoms with van der Waals surface area (Å²) in [5.74, 6) is 0.959. The molecule has 1 aliphatic rings. The number of amides is 2. The fourth-order valence-electron chi connectivity index (χ4n) is 3.11. The first kappa shape index (κ1) is 19.7. The molecule has 0 saturated heterocycles. The summed E-state index contributed by atoms with van der Waals surface area (Å²) in [4.78, 5) is 26.4. The van der Waals surface area contributed by atoms with Crippen molar-refractivity contribution in [3.63, 3.8) is 0 Å². The van der Waals surface area contributed by atoms with Crippen LogP contribution in [0.3, 0.4) is 0 Å². The van der Waals surface area contributed by atoms with Crippen molar-refractivity contribution < 1.29 is 19.1 Å². The van der Waals surface area contributed by atoms with Crippen LogP contribution >= 0.6 is 0 Å². The predicted molar refractivity (Wildman–Crippen MR) is 109 cm³/mol. The molecule has 6 nitrogen and oxygen atoms in total. The number of carbonyl (C=O) groups is 2. The zero-order valence-electron chi connectivity index (χ0n) is 16.5. The minimum Gasteiger partial charge on any atom is -0.484 e. The number of fused-ring (bicyclic) bond motifs is 1. The Labute approximate surface area is 165 Å². The van der Waals surface area contributed by atoms with E-state index in [1.807, 2.05) is 31.2 Å². The van der Waals surface area contributed by atoms with Gasteiger partial charge in [0, 0.05) is 12.2 Å². The molecule has 148 valence electrons. The van der Waals surface area contributed by atoms with Gasteiger partial charge in [0.25, 0.3) is 11.8 Å². The highest BCUT2D eigenvalue weighted by Gasteiger charge is 2.31. The number of hydrogen-bond donors (Lipinski definition) is 1. The Bertz CT molecular complexity index is 848. The van der Waals surface area contributed by atoms with Gasteiger partial charge in [-0.1, -0.05) is 26.0 Å². The molecule has 0 saturated carbocycles. The molecular weight excluding hydrogens is 356 g/mol. The van der Waals surface area contributed by atoms with E-state index in [2.05, 4.69) is 12.2 Å². The summed E-state index contributed by atoms with van der Waals surface area (Å²) in [5, 5.41) is 2.82. The third kappa shape index (κ3) is 4.44. The van der Waals surface area contributed by atoms with Gasteiger partial charge in [-0.3, -0.25) is 9.59 Å². The first-order valence-electron chi connectivity index (χ1n) is 9.65. The second-order valence-corrected chi connectivity index (χ2v) is 6.77. The van der Waals surface area contributed by atoms with Crippen LogP contribution in [0.25, 0.3) is 0 Å². The van der Waals surface area contributed by atoms with Crippen molar-refractivity contribution in [2.45, 2.75) is 39.7 Å². The fourth-order valence-corrected chi connectivity index (χ4v) is 3.11. The molecule has 1 atom stereocenters. The minimum absolute atomic E-state index is 0.0725. The van der Waals surface area contributed by atoms with Crippen molar-refractivity contribution in [2.24, 2.45) is 0 Å². The molecule has 2 aromatic rings. The van der Waals surface area contributed by atoms with Crippen molar-refractivity contribution in [2.75, 3.05) is 23.4 Å². The standard InChI is InChI=1S/C22H26N2O4/c1-4-12-24-19-13-17(8-11-20(19)28-15(3)22(24)26)23-21(25)14-27-18-9-6-16(5-2)7-10-18/h6-11,13,15H,4-5,12,14H2,1-3H3,(H,23,25). The predicted octanol–water partition coefficient (Wildman–Crippen LogP) is 3.79. The first-order chi connectivity index (χ1) is 13.5. The first-order valence-corrected chi connectivity index (χ1v) is 9.65. The van der Waals surface area contributed by atoms with Gasteiger partial charge in [0.15, 0.2) is 12.7 Å². The second-order valence-electron chi connectivity index (χ2n) is 6.77. The monoisotopic (exact) mass is 382 g/mol. The largest absolute Gasteiger partial charge is 0.484 e. The quantitative estimate of drug-likeness (QED) is 0.791. The van der Waals surface area contributed by atoms with Gasteiger partial charge in [-0.15, -0.1) is 0 Å². The number of anilines is 2. The Kier molecular flexibility index (Phi) is 6.19. The molecule has 28 heavy (non-hydrogen) atoms. The summed E-state index contributed by atoms with van der Waals surface area (Å²) in [5.41, 5.74) is 2.49. The average Bonchev–Trinajstić information content (AvgIpc) is 2.70. The fraction of sp³-hybridized carbons (Fsp3) is 0.364. The van der Waals surface area contributed by atoms with Gasteiger partial charge in [-0.05, 0) is 55.7 Å². The number of carbonyl (C=O) groups excluding carboxylic acids is 2. The molecule has 1 aliphatic heterocycles. The summed E-state index contributed by atoms with van der Waals surface area (Å²) in [7, 11) is 0. The van der Waals surface area contributed by atoms with Crippen LogP contribution in [0.2, 0.25) is 0 Å². The van der Waals surface area contributed by atoms with Gasteiger partial charge in [0.2, 0.25) is 0 Å². The van der Waals surface area contributed by atoms with E-state index < -0.39 is 6.10 Å². The molecular formula is C22H26N2O4. The Balaban J connectivity index is 1.65. The van der Waals surface area contributed by atoms with Gasteiger partial charge < -0.3 is 19.7 Å². The lowest BCUT2D eigenvalue weighted by Crippen LogP contribution is -2.44. The molecule has 0 aromatic heterocycles. The van der Waals surface area contributed by atoms with Crippen LogP contribution in [-0.2, 0) is 16.0 Å². The second kappa shape index (κ2) is 8.78. The topological polar surface area (TPSA) is 67.9 Å². The zero-order chi connectivity index (χ0) is 20.1. The van der Waals surface area contributed by atoms with Gasteiger partial charge in [-0.2, -0.15) is 0 Å². The lowest BCUT2D eigenvalue weighted by Gasteiger charge is -2.33. The summed E-state index contributed by atoms with van der Waals surface area (Å²) >= 11 is 0. The number of rotatable bonds is 7. The molecule has 0 fully saturated rings. The number of benzene rings is 2. The van der Waals surface area contributed by atoms with E-state index in [4.69, 9.17) is 9.47 Å². The van der Waals surface area contributed by atoms with Gasteiger partial charge >= 0.3 is 0 Å². The molecule has 1 unspecified atom stereocenters. The Morgan fingerprint density at radius 1 is 1.18 bits per heavy atom. The molecule has 1 heterocycles. The molecule has 0 aliphatic carbocycles. The molecule has 0 bridgehead atoms. The summed E-state index contributed by atoms with van der Waals surface area (Å²) in [6.45, 7) is 6.36. The number of aryl methyl sites for hydroxylation is 1. The van der Waals surface area contributed by atoms with Crippen LogP contribution in [-0.4, -0.2) is 31.1 Å². The van der Waals surface area contributed by atoms with Crippen molar-refractivity contribution in [3.8, 4) is 11.5 Å². The summed E-state index contributed by atoms with van der Waals surface area (Å²) in [6.07, 6.45) is 1.28. The van der Waals surface area contributed by atoms with E-state index in [1.54, 1.807) is 30.0 Å². The van der Waals surface area contributed by atoms with Crippen LogP contribution in [0.4, 0.5) is 11.4 Å². The SMILES string of the molecule is CCCN1C(=O)C(C)Oc2ccc(NC(=O)COc3ccc(CC)cc3)cc21. The van der Waals surface area contributed by atoms with E-state index in [9.17, 15) is 9.59 Å². The highest BCUT2D eigenvalue weighted by molar-refractivity contribution is 6.01. The van der Waals surface area contributed by atoms with Crippen LogP contribution in [0.1, 0.15) is 32.8 Å². The third-order valence-corrected chi connectivity index (χ3v) is 4.60. The zero-order valence-corrected chi connectivity index (χ0v) is 16.5. The molecule has 0 radical (unpaired) electrons. The van der Waals surface area contributed by atoms with E-state index in [0.29, 0.717) is 29.4 Å². The van der Waals surface area contributed by atoms with Crippen molar-refractivity contribution in [3.05, 3.63) is 48.0 Å². The molecule has 1 N–H and O–H groups in total. The van der Waals surface area contributed by atoms with Crippen LogP contribution in [0.15, 0.2) is 42.5 Å². The maximum atomic E-state index is 12.4. The van der Waals surface area contributed by atoms with Gasteiger partial charge in [-0.25, -0.2) is 0 Å². The van der Waals surface area contributed by atoms with E-state index in [-0.39, 0.29) is 18.4 Å². The van der Waals surface area contributed by atoms with Crippen LogP contribution in [0, 0.1) is 0 Å². The van der Waals surface area contributed by atoms with E-state index in [1.165, 1.54) is 5.56 Å². The number of nitrogens with zero attached hydrogens (tertiary/aromatic N) is 1. The average molecular weight is 382 g/mol. The van der Waals surface area contributed by atoms with Crippen molar-refractivity contribution >= 4 is 23.2 Å². The normalized spacial score (nSPS) is 15.6. The summed E-state index contributed by atoms with van der Waals surface area (Å²) in [6, 6.07) is 13.0. The highest BCUT2D eigenvalue weighted by atomic mass is 16.5. The molecule has 2 amide bonds. The number of hydrogen-bond acceptors (Lipinski definition) is 4. The minimum atomic E-state index is -0.507. The summed E-state index contributed by atoms with van der Waals surface area (Å²) < 4.78 is 11.2. The lowest BCUT2D eigenvalue weighted by molar-refractivity contribution is -0.125. The molecule has 0 spiro atoms. The molecule has 6 heteroatoms. The van der Waals surface area contributed by atoms with Crippen molar-refractivity contribution in [1.29, 1.82) is 0 Å². The number of ether oxygens (including phenoxy) is 2. The lowest BCUT2D eigenvalue weighted by atomic mass is 10.1. The Morgan fingerprint density at radius 3 is 2.61 bits per heavy atom. The molecule has 2 aromatic carbocycles. The molecule has 3 rings (SSSR count). The number of nitrogens with one attached hydrogen (secondary N) is 1. The van der Waals surface area contributed by atoms with E-state index >= 15 is 0 Å².